The van der Waals surface area contributed by atoms with Crippen molar-refractivity contribution in [2.45, 2.75) is 24.3 Å². The van der Waals surface area contributed by atoms with Crippen molar-refractivity contribution >= 4 is 34.4 Å². The number of thioether (sulfide) groups is 2. The first-order valence-corrected chi connectivity index (χ1v) is 7.61. The number of nitrogens with one attached hydrogen (secondary N) is 1. The monoisotopic (exact) mass is 252 g/mol. The van der Waals surface area contributed by atoms with Crippen molar-refractivity contribution in [2.24, 2.45) is 4.99 Å². The summed E-state index contributed by atoms with van der Waals surface area (Å²) < 4.78 is 0. The maximum Gasteiger partial charge on any atom is 0.161 e. The molecule has 1 heterocycles. The average molecular weight is 252 g/mol. The molecular formula is C12H16N2S2. The van der Waals surface area contributed by atoms with Gasteiger partial charge < -0.3 is 5.32 Å². The van der Waals surface area contributed by atoms with E-state index in [1.807, 2.05) is 11.8 Å². The number of anilines is 1. The van der Waals surface area contributed by atoms with E-state index in [2.05, 4.69) is 47.8 Å². The standard InChI is InChI=1S/C12H16N2S2/c1-9-7-8-16-12(13-9)14-10-5-3-4-6-11(10)15-2/h3-6,9H,7-8H2,1-2H3,(H,13,14). The summed E-state index contributed by atoms with van der Waals surface area (Å²) in [5, 5.41) is 4.48. The molecule has 1 unspecified atom stereocenters. The normalized spacial score (nSPS) is 20.4. The highest BCUT2D eigenvalue weighted by Gasteiger charge is 2.12. The van der Waals surface area contributed by atoms with Crippen molar-refractivity contribution in [3.05, 3.63) is 24.3 Å². The van der Waals surface area contributed by atoms with Crippen LogP contribution < -0.4 is 5.32 Å². The Labute approximate surface area is 105 Å². The van der Waals surface area contributed by atoms with E-state index in [9.17, 15) is 0 Å². The van der Waals surface area contributed by atoms with Gasteiger partial charge in [0.15, 0.2) is 5.17 Å². The number of benzene rings is 1. The van der Waals surface area contributed by atoms with Crippen molar-refractivity contribution in [3.8, 4) is 0 Å². The summed E-state index contributed by atoms with van der Waals surface area (Å²) in [5.74, 6) is 1.16. The fourth-order valence-electron chi connectivity index (χ4n) is 1.56. The molecule has 86 valence electrons. The number of aliphatic imine (C=N–C) groups is 1. The molecule has 0 spiro atoms. The maximum atomic E-state index is 4.61. The van der Waals surface area contributed by atoms with Crippen LogP contribution in [0.1, 0.15) is 13.3 Å². The summed E-state index contributed by atoms with van der Waals surface area (Å²) in [4.78, 5) is 5.88. The molecule has 1 aliphatic heterocycles. The van der Waals surface area contributed by atoms with Crippen molar-refractivity contribution in [1.82, 2.24) is 0 Å². The maximum absolute atomic E-state index is 4.61. The van der Waals surface area contributed by atoms with Gasteiger partial charge in [0.05, 0.1) is 11.7 Å². The molecule has 0 amide bonds. The second-order valence-corrected chi connectivity index (χ2v) is 5.68. The summed E-state index contributed by atoms with van der Waals surface area (Å²) in [6.07, 6.45) is 3.28. The van der Waals surface area contributed by atoms with Crippen LogP contribution in [0.4, 0.5) is 5.69 Å². The van der Waals surface area contributed by atoms with Crippen LogP contribution >= 0.6 is 23.5 Å². The SMILES string of the molecule is CSc1ccccc1NC1=NC(C)CCS1. The van der Waals surface area contributed by atoms with Crippen LogP contribution in [0.3, 0.4) is 0 Å². The van der Waals surface area contributed by atoms with Gasteiger partial charge in [0.25, 0.3) is 0 Å². The molecule has 0 radical (unpaired) electrons. The van der Waals surface area contributed by atoms with E-state index in [1.54, 1.807) is 11.8 Å². The zero-order valence-electron chi connectivity index (χ0n) is 9.56. The predicted octanol–water partition coefficient (Wildman–Crippen LogP) is 3.70. The molecule has 2 nitrogen and oxygen atoms in total. The Hall–Kier alpha value is -0.610. The van der Waals surface area contributed by atoms with Gasteiger partial charge in [-0.1, -0.05) is 23.9 Å². The van der Waals surface area contributed by atoms with Gasteiger partial charge in [0.2, 0.25) is 0 Å². The Bertz CT molecular complexity index is 390. The van der Waals surface area contributed by atoms with E-state index in [0.29, 0.717) is 6.04 Å². The molecule has 2 rings (SSSR count). The van der Waals surface area contributed by atoms with Crippen LogP contribution in [0.2, 0.25) is 0 Å². The summed E-state index contributed by atoms with van der Waals surface area (Å²) in [6.45, 7) is 2.17. The van der Waals surface area contributed by atoms with Crippen molar-refractivity contribution in [1.29, 1.82) is 0 Å². The van der Waals surface area contributed by atoms with Crippen LogP contribution in [-0.2, 0) is 0 Å². The van der Waals surface area contributed by atoms with E-state index in [4.69, 9.17) is 0 Å². The van der Waals surface area contributed by atoms with E-state index in [1.165, 1.54) is 11.3 Å². The van der Waals surface area contributed by atoms with Crippen LogP contribution in [0, 0.1) is 0 Å². The fourth-order valence-corrected chi connectivity index (χ4v) is 3.20. The lowest BCUT2D eigenvalue weighted by Gasteiger charge is -2.18. The van der Waals surface area contributed by atoms with Crippen molar-refractivity contribution in [2.75, 3.05) is 17.3 Å². The van der Waals surface area contributed by atoms with Crippen molar-refractivity contribution < 1.29 is 0 Å². The molecule has 0 saturated carbocycles. The summed E-state index contributed by atoms with van der Waals surface area (Å²) in [7, 11) is 0. The van der Waals surface area contributed by atoms with Gasteiger partial charge in [-0.2, -0.15) is 0 Å². The third-order valence-corrected chi connectivity index (χ3v) is 4.18. The fraction of sp³-hybridized carbons (Fsp3) is 0.417. The number of hydrogen-bond acceptors (Lipinski definition) is 4. The van der Waals surface area contributed by atoms with E-state index >= 15 is 0 Å². The molecule has 0 aromatic heterocycles. The third-order valence-electron chi connectivity index (χ3n) is 2.46. The van der Waals surface area contributed by atoms with Crippen LogP contribution in [0.25, 0.3) is 0 Å². The quantitative estimate of drug-likeness (QED) is 0.812. The Balaban J connectivity index is 2.14. The molecule has 16 heavy (non-hydrogen) atoms. The Kier molecular flexibility index (Phi) is 4.18. The lowest BCUT2D eigenvalue weighted by atomic mass is 10.3. The third kappa shape index (κ3) is 2.95. The van der Waals surface area contributed by atoms with Gasteiger partial charge in [-0.3, -0.25) is 4.99 Å². The number of hydrogen-bond donors (Lipinski definition) is 1. The molecule has 1 N–H and O–H groups in total. The largest absolute Gasteiger partial charge is 0.334 e. The van der Waals surface area contributed by atoms with Crippen LogP contribution in [-0.4, -0.2) is 23.2 Å². The highest BCUT2D eigenvalue weighted by Crippen LogP contribution is 2.27. The number of amidine groups is 1. The molecule has 0 bridgehead atoms. The minimum atomic E-state index is 0.449. The number of para-hydroxylation sites is 1. The van der Waals surface area contributed by atoms with Gasteiger partial charge >= 0.3 is 0 Å². The highest BCUT2D eigenvalue weighted by atomic mass is 32.2. The Morgan fingerprint density at radius 3 is 3.00 bits per heavy atom. The van der Waals surface area contributed by atoms with E-state index < -0.39 is 0 Å². The topological polar surface area (TPSA) is 24.4 Å². The Morgan fingerprint density at radius 2 is 2.25 bits per heavy atom. The minimum Gasteiger partial charge on any atom is -0.334 e. The first-order chi connectivity index (χ1) is 7.79. The van der Waals surface area contributed by atoms with Gasteiger partial charge in [0, 0.05) is 10.6 Å². The lowest BCUT2D eigenvalue weighted by molar-refractivity contribution is 0.720. The molecule has 4 heteroatoms. The van der Waals surface area contributed by atoms with Gasteiger partial charge in [-0.05, 0) is 31.7 Å². The average Bonchev–Trinajstić information content (AvgIpc) is 2.30. The molecular weight excluding hydrogens is 236 g/mol. The van der Waals surface area contributed by atoms with E-state index in [0.717, 1.165) is 16.6 Å². The van der Waals surface area contributed by atoms with Crippen molar-refractivity contribution in [3.63, 3.8) is 0 Å². The molecule has 1 atom stereocenters. The van der Waals surface area contributed by atoms with Gasteiger partial charge in [0.1, 0.15) is 0 Å². The highest BCUT2D eigenvalue weighted by molar-refractivity contribution is 8.14. The van der Waals surface area contributed by atoms with Crippen LogP contribution in [0.15, 0.2) is 34.2 Å². The summed E-state index contributed by atoms with van der Waals surface area (Å²) >= 11 is 3.57. The second-order valence-electron chi connectivity index (χ2n) is 3.75. The molecule has 1 aromatic rings. The number of nitrogens with zero attached hydrogens (tertiary/aromatic N) is 1. The molecule has 1 aliphatic rings. The summed E-state index contributed by atoms with van der Waals surface area (Å²) in [6, 6.07) is 8.80. The molecule has 0 fully saturated rings. The van der Waals surface area contributed by atoms with Gasteiger partial charge in [-0.15, -0.1) is 11.8 Å². The predicted molar refractivity (Wildman–Crippen MR) is 75.8 cm³/mol. The first kappa shape index (κ1) is 11.9. The first-order valence-electron chi connectivity index (χ1n) is 5.40. The zero-order chi connectivity index (χ0) is 11.4. The molecule has 0 aliphatic carbocycles. The Morgan fingerprint density at radius 1 is 1.44 bits per heavy atom. The molecule has 1 aromatic carbocycles. The minimum absolute atomic E-state index is 0.449. The van der Waals surface area contributed by atoms with Crippen LogP contribution in [0.5, 0.6) is 0 Å². The number of rotatable bonds is 2. The van der Waals surface area contributed by atoms with Gasteiger partial charge in [-0.25, -0.2) is 0 Å². The lowest BCUT2D eigenvalue weighted by Crippen LogP contribution is -2.18. The molecule has 0 saturated heterocycles. The zero-order valence-corrected chi connectivity index (χ0v) is 11.2. The smallest absolute Gasteiger partial charge is 0.161 e. The van der Waals surface area contributed by atoms with E-state index in [-0.39, 0.29) is 0 Å². The second kappa shape index (κ2) is 5.64. The summed E-state index contributed by atoms with van der Waals surface area (Å²) in [5.41, 5.74) is 1.16.